The molecule has 1 N–H and O–H groups in total. The first kappa shape index (κ1) is 20.4. The maximum atomic E-state index is 14.8. The first-order chi connectivity index (χ1) is 16.2. The second-order valence-electron chi connectivity index (χ2n) is 7.26. The third-order valence-electron chi connectivity index (χ3n) is 5.13. The molecule has 0 saturated carbocycles. The first-order valence-electron chi connectivity index (χ1n) is 10.2. The Morgan fingerprint density at radius 2 is 1.67 bits per heavy atom. The van der Waals surface area contributed by atoms with Crippen LogP contribution in [0.25, 0.3) is 28.2 Å². The van der Waals surface area contributed by atoms with E-state index < -0.39 is 0 Å². The van der Waals surface area contributed by atoms with Gasteiger partial charge < -0.3 is 5.32 Å². The topological polar surface area (TPSA) is 68.5 Å². The molecule has 33 heavy (non-hydrogen) atoms. The van der Waals surface area contributed by atoms with E-state index in [9.17, 15) is 8.78 Å². The molecule has 0 aliphatic heterocycles. The zero-order valence-corrected chi connectivity index (χ0v) is 17.4. The number of pyridine rings is 1. The summed E-state index contributed by atoms with van der Waals surface area (Å²) in [6.07, 6.45) is 8.16. The summed E-state index contributed by atoms with van der Waals surface area (Å²) in [6.45, 7) is 0.378. The number of halogens is 2. The molecular weight excluding hydrogens is 422 g/mol. The molecule has 0 atom stereocenters. The van der Waals surface area contributed by atoms with Crippen molar-refractivity contribution in [1.29, 1.82) is 0 Å². The molecule has 3 aromatic heterocycles. The molecule has 0 aliphatic carbocycles. The number of nitrogens with one attached hydrogen (secondary N) is 1. The van der Waals surface area contributed by atoms with Crippen LogP contribution in [0.15, 0.2) is 91.6 Å². The van der Waals surface area contributed by atoms with Crippen LogP contribution in [0.3, 0.4) is 0 Å². The van der Waals surface area contributed by atoms with Gasteiger partial charge in [0.05, 0.1) is 35.7 Å². The Bertz CT molecular complexity index is 1370. The van der Waals surface area contributed by atoms with Gasteiger partial charge in [0.1, 0.15) is 17.5 Å². The van der Waals surface area contributed by atoms with E-state index in [2.05, 4.69) is 25.4 Å². The standard InChI is InChI=1S/C25H18F2N6/c26-19-7-5-17(6-8-19)23-10-9-20(15-30-23)33-25(21-3-1-2-4-22(21)27)18(14-32-33)13-31-24-16-28-11-12-29-24/h1-12,14-16H,13H2,(H,29,31). The minimum Gasteiger partial charge on any atom is -0.365 e. The lowest BCUT2D eigenvalue weighted by Gasteiger charge is -2.12. The lowest BCUT2D eigenvalue weighted by atomic mass is 10.1. The molecule has 5 rings (SSSR count). The highest BCUT2D eigenvalue weighted by atomic mass is 19.1. The number of rotatable bonds is 6. The SMILES string of the molecule is Fc1ccc(-c2ccc(-n3ncc(CNc4cnccn4)c3-c3ccccc3F)cn2)cc1. The molecule has 0 fully saturated rings. The van der Waals surface area contributed by atoms with Crippen molar-refractivity contribution >= 4 is 5.82 Å². The molecule has 0 radical (unpaired) electrons. The van der Waals surface area contributed by atoms with Crippen LogP contribution in [-0.4, -0.2) is 24.7 Å². The molecule has 0 unspecified atom stereocenters. The Kier molecular flexibility index (Phi) is 5.55. The van der Waals surface area contributed by atoms with Crippen LogP contribution < -0.4 is 5.32 Å². The van der Waals surface area contributed by atoms with Gasteiger partial charge in [0, 0.05) is 35.6 Å². The van der Waals surface area contributed by atoms with Crippen LogP contribution in [0.4, 0.5) is 14.6 Å². The van der Waals surface area contributed by atoms with Gasteiger partial charge in [0.15, 0.2) is 0 Å². The van der Waals surface area contributed by atoms with E-state index >= 15 is 0 Å². The Morgan fingerprint density at radius 3 is 2.39 bits per heavy atom. The average Bonchev–Trinajstić information content (AvgIpc) is 3.28. The second kappa shape index (κ2) is 8.96. The predicted octanol–water partition coefficient (Wildman–Crippen LogP) is 5.28. The molecule has 0 spiro atoms. The van der Waals surface area contributed by atoms with E-state index in [4.69, 9.17) is 0 Å². The van der Waals surface area contributed by atoms with E-state index in [1.165, 1.54) is 18.2 Å². The maximum Gasteiger partial charge on any atom is 0.144 e. The van der Waals surface area contributed by atoms with Crippen LogP contribution in [0.5, 0.6) is 0 Å². The lowest BCUT2D eigenvalue weighted by molar-refractivity contribution is 0.628. The first-order valence-corrected chi connectivity index (χ1v) is 10.2. The quantitative estimate of drug-likeness (QED) is 0.389. The van der Waals surface area contributed by atoms with Crippen LogP contribution in [0.1, 0.15) is 5.56 Å². The van der Waals surface area contributed by atoms with Crippen molar-refractivity contribution in [2.75, 3.05) is 5.32 Å². The monoisotopic (exact) mass is 440 g/mol. The van der Waals surface area contributed by atoms with Gasteiger partial charge >= 0.3 is 0 Å². The minimum absolute atomic E-state index is 0.302. The molecule has 6 nitrogen and oxygen atoms in total. The molecule has 162 valence electrons. The van der Waals surface area contributed by atoms with Crippen LogP contribution in [0, 0.1) is 11.6 Å². The molecule has 0 amide bonds. The van der Waals surface area contributed by atoms with Gasteiger partial charge in [-0.15, -0.1) is 0 Å². The van der Waals surface area contributed by atoms with Gasteiger partial charge in [-0.3, -0.25) is 9.97 Å². The number of hydrogen-bond acceptors (Lipinski definition) is 5. The molecule has 3 heterocycles. The Labute approximate surface area is 188 Å². The second-order valence-corrected chi connectivity index (χ2v) is 7.26. The molecule has 5 aromatic rings. The van der Waals surface area contributed by atoms with Gasteiger partial charge in [-0.25, -0.2) is 18.4 Å². The third-order valence-corrected chi connectivity index (χ3v) is 5.13. The van der Waals surface area contributed by atoms with Crippen molar-refractivity contribution < 1.29 is 8.78 Å². The van der Waals surface area contributed by atoms with E-state index in [-0.39, 0.29) is 11.6 Å². The van der Waals surface area contributed by atoms with Crippen molar-refractivity contribution in [3.05, 3.63) is 109 Å². The zero-order chi connectivity index (χ0) is 22.6. The maximum absolute atomic E-state index is 14.8. The van der Waals surface area contributed by atoms with E-state index in [1.54, 1.807) is 66.0 Å². The molecule has 2 aromatic carbocycles. The number of benzene rings is 2. The Morgan fingerprint density at radius 1 is 0.818 bits per heavy atom. The average molecular weight is 440 g/mol. The number of anilines is 1. The largest absolute Gasteiger partial charge is 0.365 e. The summed E-state index contributed by atoms with van der Waals surface area (Å²) >= 11 is 0. The Hall–Kier alpha value is -4.46. The fourth-order valence-corrected chi connectivity index (χ4v) is 3.53. The van der Waals surface area contributed by atoms with E-state index in [1.807, 2.05) is 12.1 Å². The third kappa shape index (κ3) is 4.31. The van der Waals surface area contributed by atoms with Crippen molar-refractivity contribution in [3.63, 3.8) is 0 Å². The molecule has 0 saturated heterocycles. The fraction of sp³-hybridized carbons (Fsp3) is 0.0400. The predicted molar refractivity (Wildman–Crippen MR) is 122 cm³/mol. The Balaban J connectivity index is 1.52. The zero-order valence-electron chi connectivity index (χ0n) is 17.4. The highest BCUT2D eigenvalue weighted by Gasteiger charge is 2.18. The number of hydrogen-bond donors (Lipinski definition) is 1. The molecular formula is C25H18F2N6. The summed E-state index contributed by atoms with van der Waals surface area (Å²) in [5, 5.41) is 7.71. The summed E-state index contributed by atoms with van der Waals surface area (Å²) in [7, 11) is 0. The smallest absolute Gasteiger partial charge is 0.144 e. The fourth-order valence-electron chi connectivity index (χ4n) is 3.53. The summed E-state index contributed by atoms with van der Waals surface area (Å²) in [6, 6.07) is 16.4. The van der Waals surface area contributed by atoms with Gasteiger partial charge in [0.25, 0.3) is 0 Å². The molecule has 0 bridgehead atoms. The van der Waals surface area contributed by atoms with Crippen LogP contribution in [0.2, 0.25) is 0 Å². The van der Waals surface area contributed by atoms with Crippen molar-refractivity contribution in [3.8, 4) is 28.2 Å². The number of nitrogens with zero attached hydrogens (tertiary/aromatic N) is 5. The summed E-state index contributed by atoms with van der Waals surface area (Å²) in [4.78, 5) is 12.8. The minimum atomic E-state index is -0.351. The summed E-state index contributed by atoms with van der Waals surface area (Å²) < 4.78 is 29.7. The highest BCUT2D eigenvalue weighted by molar-refractivity contribution is 5.67. The lowest BCUT2D eigenvalue weighted by Crippen LogP contribution is -2.05. The van der Waals surface area contributed by atoms with Crippen LogP contribution >= 0.6 is 0 Å². The normalized spacial score (nSPS) is 10.8. The highest BCUT2D eigenvalue weighted by Crippen LogP contribution is 2.30. The van der Waals surface area contributed by atoms with E-state index in [0.29, 0.717) is 35.0 Å². The van der Waals surface area contributed by atoms with Crippen molar-refractivity contribution in [2.24, 2.45) is 0 Å². The van der Waals surface area contributed by atoms with Crippen molar-refractivity contribution in [2.45, 2.75) is 6.54 Å². The van der Waals surface area contributed by atoms with Gasteiger partial charge in [-0.2, -0.15) is 5.10 Å². The number of aromatic nitrogens is 5. The van der Waals surface area contributed by atoms with Gasteiger partial charge in [-0.05, 0) is 48.5 Å². The van der Waals surface area contributed by atoms with Gasteiger partial charge in [-0.1, -0.05) is 12.1 Å². The molecule has 8 heteroatoms. The summed E-state index contributed by atoms with van der Waals surface area (Å²) in [5.41, 5.74) is 3.99. The van der Waals surface area contributed by atoms with Crippen LogP contribution in [-0.2, 0) is 6.54 Å². The van der Waals surface area contributed by atoms with Gasteiger partial charge in [0.2, 0.25) is 0 Å². The van der Waals surface area contributed by atoms with Crippen molar-refractivity contribution in [1.82, 2.24) is 24.7 Å². The summed E-state index contributed by atoms with van der Waals surface area (Å²) in [5.74, 6) is -0.0463. The van der Waals surface area contributed by atoms with E-state index in [0.717, 1.165) is 11.1 Å². The molecule has 0 aliphatic rings.